The van der Waals surface area contributed by atoms with Crippen molar-refractivity contribution in [2.75, 3.05) is 13.1 Å². The molecular formula is C23H44N8O7. The van der Waals surface area contributed by atoms with Gasteiger partial charge in [0, 0.05) is 13.0 Å². The fraction of sp³-hybridized carbons (Fsp3) is 0.739. The van der Waals surface area contributed by atoms with Gasteiger partial charge in [0.25, 0.3) is 0 Å². The van der Waals surface area contributed by atoms with Crippen LogP contribution in [0.15, 0.2) is 4.99 Å². The van der Waals surface area contributed by atoms with Crippen molar-refractivity contribution in [1.29, 1.82) is 0 Å². The van der Waals surface area contributed by atoms with Gasteiger partial charge < -0.3 is 49.1 Å². The van der Waals surface area contributed by atoms with Crippen molar-refractivity contribution in [3.8, 4) is 0 Å². The fourth-order valence-electron chi connectivity index (χ4n) is 3.46. The Kier molecular flexibility index (Phi) is 17.0. The van der Waals surface area contributed by atoms with Gasteiger partial charge in [0.15, 0.2) is 5.96 Å². The Labute approximate surface area is 222 Å². The topological polar surface area (TPSA) is 278 Å². The van der Waals surface area contributed by atoms with Crippen LogP contribution in [0.2, 0.25) is 0 Å². The van der Waals surface area contributed by atoms with E-state index in [9.17, 15) is 29.1 Å². The van der Waals surface area contributed by atoms with Crippen LogP contribution < -0.4 is 38.9 Å². The first kappa shape index (κ1) is 34.5. The Morgan fingerprint density at radius 2 is 1.34 bits per heavy atom. The fourth-order valence-corrected chi connectivity index (χ4v) is 3.46. The number of carbonyl (C=O) groups is 5. The SMILES string of the molecule is CC(C)CC(NC(=O)C(CCCN=C(N)N)NC(=O)C(CCC(=O)O)NC(=O)C(N)CCCCN)C(=O)O. The minimum Gasteiger partial charge on any atom is -0.481 e. The van der Waals surface area contributed by atoms with Gasteiger partial charge in [0.05, 0.1) is 6.04 Å². The maximum absolute atomic E-state index is 13.1. The van der Waals surface area contributed by atoms with Gasteiger partial charge in [-0.15, -0.1) is 0 Å². The predicted molar refractivity (Wildman–Crippen MR) is 141 cm³/mol. The molecule has 218 valence electrons. The van der Waals surface area contributed by atoms with Gasteiger partial charge in [-0.05, 0) is 51.0 Å². The lowest BCUT2D eigenvalue weighted by atomic mass is 10.0. The van der Waals surface area contributed by atoms with E-state index in [1.54, 1.807) is 13.8 Å². The van der Waals surface area contributed by atoms with Crippen LogP contribution in [0.4, 0.5) is 0 Å². The molecule has 15 nitrogen and oxygen atoms in total. The molecule has 38 heavy (non-hydrogen) atoms. The highest BCUT2D eigenvalue weighted by atomic mass is 16.4. The average Bonchev–Trinajstić information content (AvgIpc) is 2.82. The highest BCUT2D eigenvalue weighted by Crippen LogP contribution is 2.08. The minimum atomic E-state index is -1.29. The Balaban J connectivity index is 5.65. The second-order valence-electron chi connectivity index (χ2n) is 9.42. The quantitative estimate of drug-likeness (QED) is 0.0456. The molecule has 15 heteroatoms. The van der Waals surface area contributed by atoms with Crippen LogP contribution in [0, 0.1) is 5.92 Å². The van der Waals surface area contributed by atoms with E-state index in [4.69, 9.17) is 28.0 Å². The first-order chi connectivity index (χ1) is 17.8. The van der Waals surface area contributed by atoms with Crippen LogP contribution in [0.25, 0.3) is 0 Å². The van der Waals surface area contributed by atoms with E-state index >= 15 is 0 Å². The number of unbranched alkanes of at least 4 members (excludes halogenated alkanes) is 1. The zero-order valence-corrected chi connectivity index (χ0v) is 22.2. The van der Waals surface area contributed by atoms with E-state index in [1.807, 2.05) is 0 Å². The van der Waals surface area contributed by atoms with Crippen molar-refractivity contribution in [1.82, 2.24) is 16.0 Å². The maximum atomic E-state index is 13.1. The van der Waals surface area contributed by atoms with Crippen molar-refractivity contribution in [3.63, 3.8) is 0 Å². The Hall–Kier alpha value is -3.46. The van der Waals surface area contributed by atoms with Crippen molar-refractivity contribution in [2.45, 2.75) is 89.4 Å². The summed E-state index contributed by atoms with van der Waals surface area (Å²) in [7, 11) is 0. The normalized spacial score (nSPS) is 14.0. The van der Waals surface area contributed by atoms with E-state index in [1.165, 1.54) is 0 Å². The molecule has 0 saturated heterocycles. The zero-order chi connectivity index (χ0) is 29.3. The lowest BCUT2D eigenvalue weighted by Crippen LogP contribution is -2.57. The molecule has 3 amide bonds. The standard InChI is InChI=1S/C23H44N8O7/c1-13(2)12-17(22(37)38)31-20(35)15(7-5-11-28-23(26)27)30-21(36)16(8-9-18(32)33)29-19(34)14(25)6-3-4-10-24/h13-17H,3-12,24-25H2,1-2H3,(H,29,34)(H,30,36)(H,31,35)(H,32,33)(H,37,38)(H4,26,27,28). The first-order valence-electron chi connectivity index (χ1n) is 12.6. The number of hydrogen-bond acceptors (Lipinski definition) is 8. The minimum absolute atomic E-state index is 0.0315. The molecule has 0 aromatic heterocycles. The molecule has 0 aromatic rings. The van der Waals surface area contributed by atoms with Gasteiger partial charge in [-0.2, -0.15) is 0 Å². The smallest absolute Gasteiger partial charge is 0.326 e. The second kappa shape index (κ2) is 18.7. The summed E-state index contributed by atoms with van der Waals surface area (Å²) >= 11 is 0. The zero-order valence-electron chi connectivity index (χ0n) is 22.2. The number of hydrogen-bond donors (Lipinski definition) is 9. The monoisotopic (exact) mass is 544 g/mol. The van der Waals surface area contributed by atoms with Gasteiger partial charge in [-0.1, -0.05) is 20.3 Å². The third-order valence-corrected chi connectivity index (χ3v) is 5.49. The number of carbonyl (C=O) groups excluding carboxylic acids is 3. The molecule has 0 saturated carbocycles. The second-order valence-corrected chi connectivity index (χ2v) is 9.42. The highest BCUT2D eigenvalue weighted by molar-refractivity contribution is 5.94. The Bertz CT molecular complexity index is 818. The Morgan fingerprint density at radius 3 is 1.84 bits per heavy atom. The number of nitrogens with one attached hydrogen (secondary N) is 3. The van der Waals surface area contributed by atoms with Crippen molar-refractivity contribution in [2.24, 2.45) is 33.8 Å². The Morgan fingerprint density at radius 1 is 0.789 bits per heavy atom. The number of rotatable bonds is 20. The summed E-state index contributed by atoms with van der Waals surface area (Å²) in [6.07, 6.45) is 1.35. The van der Waals surface area contributed by atoms with E-state index in [0.717, 1.165) is 0 Å². The van der Waals surface area contributed by atoms with E-state index in [0.29, 0.717) is 25.8 Å². The molecule has 0 spiro atoms. The molecule has 0 radical (unpaired) electrons. The van der Waals surface area contributed by atoms with Gasteiger partial charge in [-0.25, -0.2) is 4.79 Å². The molecule has 0 bridgehead atoms. The predicted octanol–water partition coefficient (Wildman–Crippen LogP) is -2.05. The molecule has 4 unspecified atom stereocenters. The highest BCUT2D eigenvalue weighted by Gasteiger charge is 2.30. The van der Waals surface area contributed by atoms with Crippen LogP contribution in [0.5, 0.6) is 0 Å². The van der Waals surface area contributed by atoms with Gasteiger partial charge >= 0.3 is 11.9 Å². The third kappa shape index (κ3) is 15.6. The average molecular weight is 545 g/mol. The van der Waals surface area contributed by atoms with Crippen LogP contribution in [0.3, 0.4) is 0 Å². The van der Waals surface area contributed by atoms with Crippen LogP contribution in [0.1, 0.15) is 65.2 Å². The molecule has 0 aliphatic heterocycles. The first-order valence-corrected chi connectivity index (χ1v) is 12.6. The molecule has 0 aliphatic carbocycles. The van der Waals surface area contributed by atoms with E-state index in [-0.39, 0.29) is 44.1 Å². The van der Waals surface area contributed by atoms with Crippen molar-refractivity contribution >= 4 is 35.6 Å². The maximum Gasteiger partial charge on any atom is 0.326 e. The lowest BCUT2D eigenvalue weighted by molar-refractivity contribution is -0.142. The molecular weight excluding hydrogens is 500 g/mol. The van der Waals surface area contributed by atoms with Gasteiger partial charge in [0.2, 0.25) is 17.7 Å². The number of nitrogens with two attached hydrogens (primary N) is 4. The van der Waals surface area contributed by atoms with Crippen LogP contribution in [-0.2, 0) is 24.0 Å². The molecule has 13 N–H and O–H groups in total. The molecule has 0 heterocycles. The third-order valence-electron chi connectivity index (χ3n) is 5.49. The molecule has 4 atom stereocenters. The van der Waals surface area contributed by atoms with Crippen molar-refractivity contribution in [3.05, 3.63) is 0 Å². The van der Waals surface area contributed by atoms with Gasteiger partial charge in [-0.3, -0.25) is 24.2 Å². The summed E-state index contributed by atoms with van der Waals surface area (Å²) in [6.45, 7) is 4.18. The summed E-state index contributed by atoms with van der Waals surface area (Å²) in [5, 5.41) is 25.9. The molecule has 0 rings (SSSR count). The summed E-state index contributed by atoms with van der Waals surface area (Å²) < 4.78 is 0. The van der Waals surface area contributed by atoms with E-state index < -0.39 is 60.2 Å². The molecule has 0 fully saturated rings. The number of carboxylic acid groups (broad SMARTS) is 2. The van der Waals surface area contributed by atoms with E-state index in [2.05, 4.69) is 20.9 Å². The summed E-state index contributed by atoms with van der Waals surface area (Å²) in [6, 6.07) is -4.62. The summed E-state index contributed by atoms with van der Waals surface area (Å²) in [5.74, 6) is -4.82. The largest absolute Gasteiger partial charge is 0.481 e. The van der Waals surface area contributed by atoms with Crippen LogP contribution in [-0.4, -0.2) is 83.1 Å². The number of aliphatic carboxylic acids is 2. The number of guanidine groups is 1. The van der Waals surface area contributed by atoms with Crippen molar-refractivity contribution < 1.29 is 34.2 Å². The summed E-state index contributed by atoms with van der Waals surface area (Å²) in [5.41, 5.74) is 22.0. The number of amides is 3. The molecule has 0 aliphatic rings. The summed E-state index contributed by atoms with van der Waals surface area (Å²) in [4.78, 5) is 65.2. The van der Waals surface area contributed by atoms with Gasteiger partial charge in [0.1, 0.15) is 18.1 Å². The van der Waals surface area contributed by atoms with Crippen LogP contribution >= 0.6 is 0 Å². The molecule has 0 aromatic carbocycles. The number of aliphatic imine (C=N–C) groups is 1. The number of carboxylic acids is 2. The number of nitrogens with zero attached hydrogens (tertiary/aromatic N) is 1. The lowest BCUT2D eigenvalue weighted by Gasteiger charge is -2.25.